The Morgan fingerprint density at radius 2 is 1.87 bits per heavy atom. The van der Waals surface area contributed by atoms with Crippen molar-refractivity contribution in [3.8, 4) is 0 Å². The molecule has 0 aromatic heterocycles. The van der Waals surface area contributed by atoms with E-state index in [1.54, 1.807) is 26.0 Å². The maximum absolute atomic E-state index is 12.2. The summed E-state index contributed by atoms with van der Waals surface area (Å²) in [5.74, 6) is 0. The van der Waals surface area contributed by atoms with Crippen LogP contribution in [0.1, 0.15) is 19.4 Å². The summed E-state index contributed by atoms with van der Waals surface area (Å²) in [4.78, 5) is 0.0340. The van der Waals surface area contributed by atoms with E-state index >= 15 is 0 Å². The highest BCUT2D eigenvalue weighted by atomic mass is 32.2. The van der Waals surface area contributed by atoms with Crippen LogP contribution < -0.4 is 0 Å². The van der Waals surface area contributed by atoms with E-state index in [9.17, 15) is 18.6 Å². The molecular weight excluding hydrogens is 324 g/mol. The zero-order chi connectivity index (χ0) is 17.0. The second kappa shape index (κ2) is 5.23. The number of hydrogen-bond donors (Lipinski definition) is 2. The molecule has 0 radical (unpaired) electrons. The maximum atomic E-state index is 12.2. The van der Waals surface area contributed by atoms with E-state index in [0.717, 1.165) is 5.56 Å². The quantitative estimate of drug-likeness (QED) is 0.759. The monoisotopic (exact) mass is 344 g/mol. The second-order valence-corrected chi connectivity index (χ2v) is 8.07. The van der Waals surface area contributed by atoms with Gasteiger partial charge in [0.15, 0.2) is 11.9 Å². The highest BCUT2D eigenvalue weighted by molar-refractivity contribution is 7.86. The van der Waals surface area contributed by atoms with Gasteiger partial charge in [-0.05, 0) is 32.9 Å². The van der Waals surface area contributed by atoms with Gasteiger partial charge in [-0.25, -0.2) is 0 Å². The first kappa shape index (κ1) is 16.8. The fourth-order valence-electron chi connectivity index (χ4n) is 2.98. The van der Waals surface area contributed by atoms with Crippen molar-refractivity contribution < 1.29 is 32.3 Å². The summed E-state index contributed by atoms with van der Waals surface area (Å²) in [5.41, 5.74) is -1.61. The third-order valence-electron chi connectivity index (χ3n) is 4.53. The Morgan fingerprint density at radius 3 is 2.39 bits per heavy atom. The van der Waals surface area contributed by atoms with Crippen molar-refractivity contribution in [1.82, 2.24) is 0 Å². The Kier molecular flexibility index (Phi) is 3.83. The molecule has 8 heteroatoms. The van der Waals surface area contributed by atoms with Crippen molar-refractivity contribution in [2.75, 3.05) is 6.61 Å². The van der Waals surface area contributed by atoms with Crippen LogP contribution in [0.2, 0.25) is 0 Å². The third-order valence-corrected chi connectivity index (χ3v) is 5.83. The molecule has 1 aromatic rings. The van der Waals surface area contributed by atoms with E-state index < -0.39 is 39.8 Å². The Labute approximate surface area is 134 Å². The van der Waals surface area contributed by atoms with Gasteiger partial charge in [0.25, 0.3) is 10.1 Å². The molecule has 2 heterocycles. The molecule has 128 valence electrons. The summed E-state index contributed by atoms with van der Waals surface area (Å²) in [5, 5.41) is 20.4. The van der Waals surface area contributed by atoms with Crippen LogP contribution in [0.25, 0.3) is 0 Å². The van der Waals surface area contributed by atoms with Crippen LogP contribution in [0.5, 0.6) is 0 Å². The van der Waals surface area contributed by atoms with Crippen molar-refractivity contribution in [1.29, 1.82) is 0 Å². The van der Waals surface area contributed by atoms with Gasteiger partial charge in [-0.1, -0.05) is 17.7 Å². The van der Waals surface area contributed by atoms with Crippen molar-refractivity contribution in [3.05, 3.63) is 29.8 Å². The van der Waals surface area contributed by atoms with E-state index in [-0.39, 0.29) is 11.5 Å². The van der Waals surface area contributed by atoms with Crippen molar-refractivity contribution in [2.45, 2.75) is 55.4 Å². The molecule has 0 unspecified atom stereocenters. The fraction of sp³-hybridized carbons (Fsp3) is 0.600. The van der Waals surface area contributed by atoms with Crippen LogP contribution in [-0.4, -0.2) is 54.9 Å². The SMILES string of the molecule is Cc1ccc(S(=O)(=O)OC[C@H]2O[C@H](O)[C@]3(O)[C@@H]2OC3(C)C)cc1. The lowest BCUT2D eigenvalue weighted by Gasteiger charge is -2.55. The number of aryl methyl sites for hydroxylation is 1. The normalized spacial score (nSPS) is 35.6. The highest BCUT2D eigenvalue weighted by Crippen LogP contribution is 2.51. The third kappa shape index (κ3) is 2.50. The summed E-state index contributed by atoms with van der Waals surface area (Å²) in [7, 11) is -3.95. The van der Waals surface area contributed by atoms with E-state index in [0.29, 0.717) is 0 Å². The van der Waals surface area contributed by atoms with Crippen molar-refractivity contribution in [2.24, 2.45) is 0 Å². The Bertz CT molecular complexity index is 697. The van der Waals surface area contributed by atoms with Gasteiger partial charge in [0, 0.05) is 0 Å². The first-order valence-corrected chi connectivity index (χ1v) is 8.68. The molecular formula is C15H20O7S. The van der Waals surface area contributed by atoms with Gasteiger partial charge in [0.2, 0.25) is 0 Å². The van der Waals surface area contributed by atoms with Crippen LogP contribution in [0.3, 0.4) is 0 Å². The molecule has 0 spiro atoms. The number of aliphatic hydroxyl groups is 2. The summed E-state index contributed by atoms with van der Waals surface area (Å²) in [6, 6.07) is 6.24. The molecule has 0 bridgehead atoms. The van der Waals surface area contributed by atoms with Crippen LogP contribution in [0, 0.1) is 6.92 Å². The van der Waals surface area contributed by atoms with Crippen LogP contribution >= 0.6 is 0 Å². The number of aliphatic hydroxyl groups excluding tert-OH is 1. The largest absolute Gasteiger partial charge is 0.379 e. The lowest BCUT2D eigenvalue weighted by Crippen LogP contribution is -2.75. The van der Waals surface area contributed by atoms with Gasteiger partial charge in [-0.2, -0.15) is 8.42 Å². The van der Waals surface area contributed by atoms with Crippen molar-refractivity contribution in [3.63, 3.8) is 0 Å². The average Bonchev–Trinajstić information content (AvgIpc) is 2.68. The molecule has 2 fully saturated rings. The zero-order valence-corrected chi connectivity index (χ0v) is 13.9. The number of ether oxygens (including phenoxy) is 2. The lowest BCUT2D eigenvalue weighted by molar-refractivity contribution is -0.351. The Morgan fingerprint density at radius 1 is 1.26 bits per heavy atom. The molecule has 2 aliphatic rings. The second-order valence-electron chi connectivity index (χ2n) is 6.45. The smallest absolute Gasteiger partial charge is 0.297 e. The fourth-order valence-corrected chi connectivity index (χ4v) is 3.90. The van der Waals surface area contributed by atoms with Gasteiger partial charge in [-0.3, -0.25) is 4.18 Å². The predicted molar refractivity (Wildman–Crippen MR) is 79.1 cm³/mol. The Balaban J connectivity index is 1.69. The number of benzene rings is 1. The minimum Gasteiger partial charge on any atom is -0.379 e. The summed E-state index contributed by atoms with van der Waals surface area (Å²) >= 11 is 0. The molecule has 1 aromatic carbocycles. The highest BCUT2D eigenvalue weighted by Gasteiger charge is 2.73. The van der Waals surface area contributed by atoms with Gasteiger partial charge in [-0.15, -0.1) is 0 Å². The van der Waals surface area contributed by atoms with Gasteiger partial charge < -0.3 is 19.7 Å². The van der Waals surface area contributed by atoms with E-state index in [2.05, 4.69) is 0 Å². The van der Waals surface area contributed by atoms with Gasteiger partial charge >= 0.3 is 0 Å². The van der Waals surface area contributed by atoms with Crippen LogP contribution in [0.4, 0.5) is 0 Å². The number of hydrogen-bond acceptors (Lipinski definition) is 7. The molecule has 0 saturated carbocycles. The van der Waals surface area contributed by atoms with Gasteiger partial charge in [0.1, 0.15) is 12.2 Å². The Hall–Kier alpha value is -1.03. The zero-order valence-electron chi connectivity index (χ0n) is 13.1. The van der Waals surface area contributed by atoms with Crippen molar-refractivity contribution >= 4 is 10.1 Å². The van der Waals surface area contributed by atoms with E-state index in [1.165, 1.54) is 12.1 Å². The standard InChI is InChI=1S/C15H20O7S/c1-9-4-6-10(7-5-9)23(18,19)20-8-11-12-15(17,13(16)21-11)14(2,3)22-12/h4-7,11-13,16-17H,8H2,1-3H3/t11-,12-,13+,15-/m1/s1. The molecule has 3 rings (SSSR count). The summed E-state index contributed by atoms with van der Waals surface area (Å²) in [6.07, 6.45) is -3.16. The number of rotatable bonds is 4. The van der Waals surface area contributed by atoms with Crippen LogP contribution in [-0.2, 0) is 23.8 Å². The number of fused-ring (bicyclic) bond motifs is 1. The molecule has 2 aliphatic heterocycles. The topological polar surface area (TPSA) is 102 Å². The van der Waals surface area contributed by atoms with E-state index in [1.807, 2.05) is 6.92 Å². The molecule has 23 heavy (non-hydrogen) atoms. The molecule has 4 atom stereocenters. The van der Waals surface area contributed by atoms with E-state index in [4.69, 9.17) is 13.7 Å². The van der Waals surface area contributed by atoms with Gasteiger partial charge in [0.05, 0.1) is 17.1 Å². The van der Waals surface area contributed by atoms with Crippen LogP contribution in [0.15, 0.2) is 29.2 Å². The molecule has 0 aliphatic carbocycles. The predicted octanol–water partition coefficient (Wildman–Crippen LogP) is 0.326. The minimum atomic E-state index is -3.95. The summed E-state index contributed by atoms with van der Waals surface area (Å²) < 4.78 is 40.0. The molecule has 2 N–H and O–H groups in total. The summed E-state index contributed by atoms with van der Waals surface area (Å²) in [6.45, 7) is 4.75. The minimum absolute atomic E-state index is 0.0340. The first-order valence-electron chi connectivity index (χ1n) is 7.28. The lowest BCUT2D eigenvalue weighted by atomic mass is 9.74. The molecule has 0 amide bonds. The molecule has 7 nitrogen and oxygen atoms in total. The molecule has 2 saturated heterocycles. The maximum Gasteiger partial charge on any atom is 0.297 e. The first-order chi connectivity index (χ1) is 10.6. The average molecular weight is 344 g/mol.